The lowest BCUT2D eigenvalue weighted by Crippen LogP contribution is -1.93. The number of hydrogen-bond acceptors (Lipinski definition) is 1. The van der Waals surface area contributed by atoms with E-state index in [-0.39, 0.29) is 0 Å². The van der Waals surface area contributed by atoms with E-state index < -0.39 is 0 Å². The first kappa shape index (κ1) is 8.28. The molecule has 0 aliphatic carbocycles. The van der Waals surface area contributed by atoms with E-state index in [1.54, 1.807) is 7.11 Å². The molecule has 0 N–H and O–H groups in total. The average Bonchev–Trinajstić information content (AvgIpc) is 2.04. The zero-order valence-corrected chi connectivity index (χ0v) is 6.84. The lowest BCUT2D eigenvalue weighted by molar-refractivity contribution is 0.202. The molecule has 1 rings (SSSR count). The molecular formula is C10H13O. The van der Waals surface area contributed by atoms with Crippen LogP contribution in [-0.4, -0.2) is 13.7 Å². The Hall–Kier alpha value is -0.820. The number of hydrogen-bond donors (Lipinski definition) is 0. The van der Waals surface area contributed by atoms with E-state index in [4.69, 9.17) is 4.74 Å². The molecule has 0 spiro atoms. The lowest BCUT2D eigenvalue weighted by Gasteiger charge is -1.99. The smallest absolute Gasteiger partial charge is 0.0502 e. The Bertz CT molecular complexity index is 201. The molecule has 1 aromatic rings. The van der Waals surface area contributed by atoms with Crippen LogP contribution in [0.1, 0.15) is 11.1 Å². The van der Waals surface area contributed by atoms with E-state index in [2.05, 4.69) is 19.1 Å². The van der Waals surface area contributed by atoms with Crippen molar-refractivity contribution in [2.75, 3.05) is 13.7 Å². The maximum atomic E-state index is 4.96. The van der Waals surface area contributed by atoms with Gasteiger partial charge in [-0.05, 0) is 24.5 Å². The standard InChI is InChI=1S/C10H13O/c1-9-3-5-10(6-4-9)7-8-11-2/h3-6H,1,7-8H2,2H3. The van der Waals surface area contributed by atoms with E-state index in [0.717, 1.165) is 18.6 Å². The fourth-order valence-electron chi connectivity index (χ4n) is 0.926. The fraction of sp³-hybridized carbons (Fsp3) is 0.300. The summed E-state index contributed by atoms with van der Waals surface area (Å²) in [5.41, 5.74) is 2.37. The zero-order chi connectivity index (χ0) is 8.10. The number of methoxy groups -OCH3 is 1. The predicted molar refractivity (Wildman–Crippen MR) is 46.5 cm³/mol. The third-order valence-corrected chi connectivity index (χ3v) is 1.62. The van der Waals surface area contributed by atoms with Crippen LogP contribution in [0, 0.1) is 6.92 Å². The molecule has 0 aromatic heterocycles. The zero-order valence-electron chi connectivity index (χ0n) is 6.84. The van der Waals surface area contributed by atoms with Gasteiger partial charge in [0.25, 0.3) is 0 Å². The van der Waals surface area contributed by atoms with Crippen LogP contribution in [0.25, 0.3) is 0 Å². The highest BCUT2D eigenvalue weighted by Gasteiger charge is 1.90. The molecule has 0 bridgehead atoms. The summed E-state index contributed by atoms with van der Waals surface area (Å²) in [5, 5.41) is 0. The quantitative estimate of drug-likeness (QED) is 0.639. The molecule has 1 radical (unpaired) electrons. The molecule has 0 unspecified atom stereocenters. The van der Waals surface area contributed by atoms with Gasteiger partial charge in [0.1, 0.15) is 0 Å². The molecule has 0 heterocycles. The third kappa shape index (κ3) is 2.72. The fourth-order valence-corrected chi connectivity index (χ4v) is 0.926. The van der Waals surface area contributed by atoms with Gasteiger partial charge < -0.3 is 4.74 Å². The minimum absolute atomic E-state index is 0.788. The summed E-state index contributed by atoms with van der Waals surface area (Å²) in [6, 6.07) is 8.21. The number of ether oxygens (including phenoxy) is 1. The van der Waals surface area contributed by atoms with Crippen molar-refractivity contribution in [1.29, 1.82) is 0 Å². The van der Waals surface area contributed by atoms with Crippen LogP contribution in [-0.2, 0) is 11.2 Å². The van der Waals surface area contributed by atoms with Gasteiger partial charge in [-0.25, -0.2) is 0 Å². The SMILES string of the molecule is [CH2]c1ccc(CCOC)cc1. The first-order valence-corrected chi connectivity index (χ1v) is 3.73. The van der Waals surface area contributed by atoms with Crippen molar-refractivity contribution in [3.63, 3.8) is 0 Å². The Morgan fingerprint density at radius 1 is 1.27 bits per heavy atom. The summed E-state index contributed by atoms with van der Waals surface area (Å²) in [5.74, 6) is 0. The first-order valence-electron chi connectivity index (χ1n) is 3.73. The summed E-state index contributed by atoms with van der Waals surface area (Å²) in [7, 11) is 1.72. The molecule has 0 amide bonds. The van der Waals surface area contributed by atoms with Crippen molar-refractivity contribution in [3.8, 4) is 0 Å². The Labute approximate surface area is 68.0 Å². The minimum atomic E-state index is 0.788. The van der Waals surface area contributed by atoms with Crippen LogP contribution in [0.4, 0.5) is 0 Å². The first-order chi connectivity index (χ1) is 5.33. The van der Waals surface area contributed by atoms with Crippen molar-refractivity contribution in [1.82, 2.24) is 0 Å². The summed E-state index contributed by atoms with van der Waals surface area (Å²) < 4.78 is 4.96. The van der Waals surface area contributed by atoms with Crippen molar-refractivity contribution in [3.05, 3.63) is 42.3 Å². The van der Waals surface area contributed by atoms with E-state index >= 15 is 0 Å². The van der Waals surface area contributed by atoms with Gasteiger partial charge in [0, 0.05) is 7.11 Å². The second kappa shape index (κ2) is 4.14. The lowest BCUT2D eigenvalue weighted by atomic mass is 10.1. The number of benzene rings is 1. The average molecular weight is 149 g/mol. The second-order valence-electron chi connectivity index (χ2n) is 2.56. The van der Waals surface area contributed by atoms with Gasteiger partial charge in [-0.2, -0.15) is 0 Å². The van der Waals surface area contributed by atoms with Crippen LogP contribution in [0.2, 0.25) is 0 Å². The molecule has 0 fully saturated rings. The van der Waals surface area contributed by atoms with Gasteiger partial charge in [-0.1, -0.05) is 24.3 Å². The highest BCUT2D eigenvalue weighted by atomic mass is 16.5. The summed E-state index contributed by atoms with van der Waals surface area (Å²) in [6.45, 7) is 4.60. The topological polar surface area (TPSA) is 9.23 Å². The Kier molecular flexibility index (Phi) is 3.12. The Balaban J connectivity index is 2.52. The molecular weight excluding hydrogens is 136 g/mol. The number of rotatable bonds is 3. The monoisotopic (exact) mass is 149 g/mol. The van der Waals surface area contributed by atoms with Crippen molar-refractivity contribution in [2.24, 2.45) is 0 Å². The molecule has 0 atom stereocenters. The van der Waals surface area contributed by atoms with Crippen LogP contribution in [0.3, 0.4) is 0 Å². The second-order valence-corrected chi connectivity index (χ2v) is 2.56. The molecule has 0 saturated heterocycles. The van der Waals surface area contributed by atoms with Gasteiger partial charge in [-0.3, -0.25) is 0 Å². The van der Waals surface area contributed by atoms with Gasteiger partial charge in [0.15, 0.2) is 0 Å². The molecule has 0 aliphatic heterocycles. The maximum absolute atomic E-state index is 4.96. The normalized spacial score (nSPS) is 10.0. The van der Waals surface area contributed by atoms with Crippen molar-refractivity contribution < 1.29 is 4.74 Å². The van der Waals surface area contributed by atoms with Crippen LogP contribution < -0.4 is 0 Å². The van der Waals surface area contributed by atoms with Gasteiger partial charge in [0.2, 0.25) is 0 Å². The Morgan fingerprint density at radius 3 is 2.45 bits per heavy atom. The third-order valence-electron chi connectivity index (χ3n) is 1.62. The van der Waals surface area contributed by atoms with Crippen LogP contribution >= 0.6 is 0 Å². The summed E-state index contributed by atoms with van der Waals surface area (Å²) in [6.07, 6.45) is 0.983. The molecule has 1 heteroatoms. The van der Waals surface area contributed by atoms with Gasteiger partial charge >= 0.3 is 0 Å². The highest BCUT2D eigenvalue weighted by molar-refractivity contribution is 5.24. The Morgan fingerprint density at radius 2 is 1.91 bits per heavy atom. The summed E-state index contributed by atoms with van der Waals surface area (Å²) >= 11 is 0. The van der Waals surface area contributed by atoms with Gasteiger partial charge in [0.05, 0.1) is 6.61 Å². The predicted octanol–water partition coefficient (Wildman–Crippen LogP) is 2.06. The van der Waals surface area contributed by atoms with Crippen molar-refractivity contribution >= 4 is 0 Å². The highest BCUT2D eigenvalue weighted by Crippen LogP contribution is 2.03. The maximum Gasteiger partial charge on any atom is 0.0502 e. The molecule has 11 heavy (non-hydrogen) atoms. The van der Waals surface area contributed by atoms with E-state index in [0.29, 0.717) is 0 Å². The van der Waals surface area contributed by atoms with Gasteiger partial charge in [-0.15, -0.1) is 0 Å². The van der Waals surface area contributed by atoms with Crippen LogP contribution in [0.5, 0.6) is 0 Å². The van der Waals surface area contributed by atoms with Crippen LogP contribution in [0.15, 0.2) is 24.3 Å². The molecule has 1 aromatic carbocycles. The molecule has 0 saturated carbocycles. The molecule has 59 valence electrons. The largest absolute Gasteiger partial charge is 0.384 e. The van der Waals surface area contributed by atoms with Crippen molar-refractivity contribution in [2.45, 2.75) is 6.42 Å². The van der Waals surface area contributed by atoms with E-state index in [1.165, 1.54) is 5.56 Å². The minimum Gasteiger partial charge on any atom is -0.384 e. The molecule has 0 aliphatic rings. The van der Waals surface area contributed by atoms with E-state index in [1.807, 2.05) is 12.1 Å². The van der Waals surface area contributed by atoms with E-state index in [9.17, 15) is 0 Å². The summed E-state index contributed by atoms with van der Waals surface area (Å²) in [4.78, 5) is 0. The molecule has 1 nitrogen and oxygen atoms in total.